The fourth-order valence-electron chi connectivity index (χ4n) is 1.05. The molecule has 0 aromatic carbocycles. The monoisotopic (exact) mass is 212 g/mol. The molecule has 1 aromatic rings. The number of aromatic nitrogens is 1. The van der Waals surface area contributed by atoms with E-state index in [-0.39, 0.29) is 17.7 Å². The fourth-order valence-corrected chi connectivity index (χ4v) is 1.81. The lowest BCUT2D eigenvalue weighted by Crippen LogP contribution is -2.11. The molecule has 0 aliphatic carbocycles. The van der Waals surface area contributed by atoms with E-state index in [0.29, 0.717) is 5.69 Å². The second kappa shape index (κ2) is 4.66. The molecule has 0 amide bonds. The van der Waals surface area contributed by atoms with Crippen molar-refractivity contribution in [2.45, 2.75) is 33.2 Å². The van der Waals surface area contributed by atoms with Gasteiger partial charge < -0.3 is 5.73 Å². The Kier molecular flexibility index (Phi) is 3.77. The third-order valence-corrected chi connectivity index (χ3v) is 3.27. The highest BCUT2D eigenvalue weighted by molar-refractivity contribution is 7.09. The molecule has 2 N–H and O–H groups in total. The summed E-state index contributed by atoms with van der Waals surface area (Å²) in [4.78, 5) is 15.9. The second-order valence-corrected chi connectivity index (χ2v) is 4.42. The molecule has 14 heavy (non-hydrogen) atoms. The van der Waals surface area contributed by atoms with Gasteiger partial charge in [-0.1, -0.05) is 13.8 Å². The van der Waals surface area contributed by atoms with Gasteiger partial charge in [0.25, 0.3) is 0 Å². The quantitative estimate of drug-likeness (QED) is 0.780. The molecule has 0 spiro atoms. The molecule has 0 bridgehead atoms. The molecule has 0 radical (unpaired) electrons. The average Bonchev–Trinajstić information content (AvgIpc) is 2.64. The summed E-state index contributed by atoms with van der Waals surface area (Å²) in [6, 6.07) is -0.0847. The van der Waals surface area contributed by atoms with E-state index >= 15 is 0 Å². The molecular formula is C10H16N2OS. The Labute approximate surface area is 88.3 Å². The first-order valence-electron chi connectivity index (χ1n) is 4.81. The van der Waals surface area contributed by atoms with Crippen LogP contribution in [0.3, 0.4) is 0 Å². The van der Waals surface area contributed by atoms with E-state index < -0.39 is 0 Å². The highest BCUT2D eigenvalue weighted by Gasteiger charge is 2.17. The smallest absolute Gasteiger partial charge is 0.184 e. The topological polar surface area (TPSA) is 56.0 Å². The van der Waals surface area contributed by atoms with Gasteiger partial charge in [0.2, 0.25) is 0 Å². The van der Waals surface area contributed by atoms with Crippen LogP contribution in [-0.4, -0.2) is 10.8 Å². The number of thiazole rings is 1. The highest BCUT2D eigenvalue weighted by Crippen LogP contribution is 2.18. The van der Waals surface area contributed by atoms with Crippen molar-refractivity contribution in [1.82, 2.24) is 4.98 Å². The van der Waals surface area contributed by atoms with Crippen molar-refractivity contribution in [3.63, 3.8) is 0 Å². The molecule has 0 saturated heterocycles. The minimum atomic E-state index is -0.0847. The molecule has 1 heterocycles. The molecule has 1 rings (SSSR count). The summed E-state index contributed by atoms with van der Waals surface area (Å²) in [5.74, 6) is 0.175. The molecule has 3 nitrogen and oxygen atoms in total. The first kappa shape index (κ1) is 11.3. The molecular weight excluding hydrogens is 196 g/mol. The number of carbonyl (C=O) groups is 1. The summed E-state index contributed by atoms with van der Waals surface area (Å²) in [6.45, 7) is 5.80. The molecule has 2 atom stereocenters. The Morgan fingerprint density at radius 1 is 1.64 bits per heavy atom. The SMILES string of the molecule is CCC(C)C(=O)c1csc(C(C)N)n1. The van der Waals surface area contributed by atoms with Crippen molar-refractivity contribution in [1.29, 1.82) is 0 Å². The fraction of sp³-hybridized carbons (Fsp3) is 0.600. The zero-order valence-corrected chi connectivity index (χ0v) is 9.60. The minimum Gasteiger partial charge on any atom is -0.322 e. The van der Waals surface area contributed by atoms with E-state index in [2.05, 4.69) is 4.98 Å². The second-order valence-electron chi connectivity index (χ2n) is 3.53. The van der Waals surface area contributed by atoms with Gasteiger partial charge in [-0.15, -0.1) is 11.3 Å². The summed E-state index contributed by atoms with van der Waals surface area (Å²) in [5, 5.41) is 2.63. The lowest BCUT2D eigenvalue weighted by atomic mass is 10.0. The van der Waals surface area contributed by atoms with Crippen molar-refractivity contribution in [3.05, 3.63) is 16.1 Å². The van der Waals surface area contributed by atoms with Crippen LogP contribution in [0.5, 0.6) is 0 Å². The number of ketones is 1. The van der Waals surface area contributed by atoms with Gasteiger partial charge in [0, 0.05) is 11.3 Å². The van der Waals surface area contributed by atoms with Crippen LogP contribution in [0.25, 0.3) is 0 Å². The molecule has 1 aromatic heterocycles. The molecule has 0 aliphatic rings. The molecule has 0 fully saturated rings. The van der Waals surface area contributed by atoms with Gasteiger partial charge >= 0.3 is 0 Å². The summed E-state index contributed by atoms with van der Waals surface area (Å²) in [6.07, 6.45) is 0.851. The van der Waals surface area contributed by atoms with Gasteiger partial charge in [-0.05, 0) is 13.3 Å². The van der Waals surface area contributed by atoms with Crippen LogP contribution < -0.4 is 5.73 Å². The Morgan fingerprint density at radius 2 is 2.29 bits per heavy atom. The number of hydrogen-bond acceptors (Lipinski definition) is 4. The lowest BCUT2D eigenvalue weighted by Gasteiger charge is -2.03. The van der Waals surface area contributed by atoms with Crippen LogP contribution in [-0.2, 0) is 0 Å². The first-order valence-corrected chi connectivity index (χ1v) is 5.69. The number of hydrogen-bond donors (Lipinski definition) is 1. The van der Waals surface area contributed by atoms with Crippen molar-refractivity contribution < 1.29 is 4.79 Å². The summed E-state index contributed by atoms with van der Waals surface area (Å²) in [5.41, 5.74) is 6.24. The zero-order chi connectivity index (χ0) is 10.7. The standard InChI is InChI=1S/C10H16N2OS/c1-4-6(2)9(13)8-5-14-10(12-8)7(3)11/h5-7H,4,11H2,1-3H3. The van der Waals surface area contributed by atoms with Crippen LogP contribution >= 0.6 is 11.3 Å². The maximum absolute atomic E-state index is 11.7. The molecule has 78 valence electrons. The predicted molar refractivity (Wildman–Crippen MR) is 58.5 cm³/mol. The largest absolute Gasteiger partial charge is 0.322 e. The number of Topliss-reactive ketones (excluding diaryl/α,β-unsaturated/α-hetero) is 1. The van der Waals surface area contributed by atoms with Crippen LogP contribution in [0.1, 0.15) is 48.7 Å². The van der Waals surface area contributed by atoms with Crippen molar-refractivity contribution in [2.24, 2.45) is 11.7 Å². The van der Waals surface area contributed by atoms with Gasteiger partial charge in [-0.3, -0.25) is 4.79 Å². The van der Waals surface area contributed by atoms with Crippen LogP contribution in [0.15, 0.2) is 5.38 Å². The number of nitrogens with zero attached hydrogens (tertiary/aromatic N) is 1. The third-order valence-electron chi connectivity index (χ3n) is 2.22. The van der Waals surface area contributed by atoms with Crippen molar-refractivity contribution in [2.75, 3.05) is 0 Å². The first-order chi connectivity index (χ1) is 6.56. The maximum Gasteiger partial charge on any atom is 0.184 e. The van der Waals surface area contributed by atoms with Crippen molar-refractivity contribution >= 4 is 17.1 Å². The van der Waals surface area contributed by atoms with Crippen LogP contribution in [0, 0.1) is 5.92 Å². The van der Waals surface area contributed by atoms with Gasteiger partial charge in [-0.25, -0.2) is 4.98 Å². The zero-order valence-electron chi connectivity index (χ0n) is 8.78. The Morgan fingerprint density at radius 3 is 2.71 bits per heavy atom. The van der Waals surface area contributed by atoms with Crippen LogP contribution in [0.4, 0.5) is 0 Å². The Bertz CT molecular complexity index is 320. The molecule has 0 saturated carbocycles. The highest BCUT2D eigenvalue weighted by atomic mass is 32.1. The van der Waals surface area contributed by atoms with Gasteiger partial charge in [0.1, 0.15) is 10.7 Å². The number of carbonyl (C=O) groups excluding carboxylic acids is 1. The van der Waals surface area contributed by atoms with Crippen molar-refractivity contribution in [3.8, 4) is 0 Å². The molecule has 4 heteroatoms. The van der Waals surface area contributed by atoms with Gasteiger partial charge in [0.15, 0.2) is 5.78 Å². The average molecular weight is 212 g/mol. The Hall–Kier alpha value is -0.740. The van der Waals surface area contributed by atoms with E-state index in [1.165, 1.54) is 11.3 Å². The van der Waals surface area contributed by atoms with E-state index in [1.54, 1.807) is 5.38 Å². The maximum atomic E-state index is 11.7. The van der Waals surface area contributed by atoms with E-state index in [1.807, 2.05) is 20.8 Å². The summed E-state index contributed by atoms with van der Waals surface area (Å²) < 4.78 is 0. The third kappa shape index (κ3) is 2.39. The summed E-state index contributed by atoms with van der Waals surface area (Å²) in [7, 11) is 0. The van der Waals surface area contributed by atoms with Gasteiger partial charge in [0.05, 0.1) is 6.04 Å². The molecule has 0 aliphatic heterocycles. The number of rotatable bonds is 4. The molecule has 2 unspecified atom stereocenters. The van der Waals surface area contributed by atoms with E-state index in [0.717, 1.165) is 11.4 Å². The predicted octanol–water partition coefficient (Wildman–Crippen LogP) is 2.39. The lowest BCUT2D eigenvalue weighted by molar-refractivity contribution is 0.0922. The van der Waals surface area contributed by atoms with E-state index in [4.69, 9.17) is 5.73 Å². The Balaban J connectivity index is 2.81. The number of nitrogens with two attached hydrogens (primary N) is 1. The minimum absolute atomic E-state index is 0.0537. The summed E-state index contributed by atoms with van der Waals surface area (Å²) >= 11 is 1.46. The van der Waals surface area contributed by atoms with E-state index in [9.17, 15) is 4.79 Å². The van der Waals surface area contributed by atoms with Gasteiger partial charge in [-0.2, -0.15) is 0 Å². The normalized spacial score (nSPS) is 15.1. The van der Waals surface area contributed by atoms with Crippen LogP contribution in [0.2, 0.25) is 0 Å².